The molecule has 0 radical (unpaired) electrons. The fourth-order valence-electron chi connectivity index (χ4n) is 2.63. The zero-order valence-electron chi connectivity index (χ0n) is 11.5. The molecular weight excluding hydrogens is 397 g/mol. The SMILES string of the molecule is O=S(=O)(NCC1(CBr)CCCCC1)c1ccc(Cl)c(Cl)c1. The van der Waals surface area contributed by atoms with Crippen LogP contribution >= 0.6 is 39.1 Å². The van der Waals surface area contributed by atoms with Gasteiger partial charge in [-0.1, -0.05) is 58.4 Å². The van der Waals surface area contributed by atoms with Gasteiger partial charge in [-0.25, -0.2) is 13.1 Å². The highest BCUT2D eigenvalue weighted by Crippen LogP contribution is 2.37. The van der Waals surface area contributed by atoms with Crippen molar-refractivity contribution in [2.45, 2.75) is 37.0 Å². The molecule has 1 saturated carbocycles. The maximum absolute atomic E-state index is 12.4. The first-order valence-corrected chi connectivity index (χ1v) is 10.3. The Morgan fingerprint density at radius 3 is 2.38 bits per heavy atom. The molecule has 1 aliphatic rings. The minimum atomic E-state index is -3.56. The second-order valence-electron chi connectivity index (χ2n) is 5.59. The van der Waals surface area contributed by atoms with Gasteiger partial charge in [-0.2, -0.15) is 0 Å². The molecule has 0 bridgehead atoms. The highest BCUT2D eigenvalue weighted by atomic mass is 79.9. The Hall–Kier alpha value is 0.190. The Labute approximate surface area is 144 Å². The molecule has 118 valence electrons. The van der Waals surface area contributed by atoms with E-state index >= 15 is 0 Å². The molecule has 0 saturated heterocycles. The van der Waals surface area contributed by atoms with Crippen molar-refractivity contribution in [1.29, 1.82) is 0 Å². The maximum Gasteiger partial charge on any atom is 0.240 e. The van der Waals surface area contributed by atoms with Crippen molar-refractivity contribution in [3.8, 4) is 0 Å². The molecule has 2 rings (SSSR count). The average Bonchev–Trinajstić information content (AvgIpc) is 2.49. The summed E-state index contributed by atoms with van der Waals surface area (Å²) in [4.78, 5) is 0.150. The van der Waals surface area contributed by atoms with Gasteiger partial charge in [0.2, 0.25) is 10.0 Å². The van der Waals surface area contributed by atoms with E-state index in [4.69, 9.17) is 23.2 Å². The summed E-state index contributed by atoms with van der Waals surface area (Å²) in [7, 11) is -3.56. The summed E-state index contributed by atoms with van der Waals surface area (Å²) in [5, 5.41) is 1.40. The van der Waals surface area contributed by atoms with Gasteiger partial charge < -0.3 is 0 Å². The molecule has 0 unspecified atom stereocenters. The molecule has 0 aliphatic heterocycles. The van der Waals surface area contributed by atoms with Crippen molar-refractivity contribution in [1.82, 2.24) is 4.72 Å². The van der Waals surface area contributed by atoms with Crippen LogP contribution in [0.3, 0.4) is 0 Å². The van der Waals surface area contributed by atoms with Gasteiger partial charge in [0.15, 0.2) is 0 Å². The van der Waals surface area contributed by atoms with Crippen molar-refractivity contribution in [2.75, 3.05) is 11.9 Å². The first kappa shape index (κ1) is 17.5. The van der Waals surface area contributed by atoms with Gasteiger partial charge in [-0.15, -0.1) is 0 Å². The Morgan fingerprint density at radius 1 is 1.14 bits per heavy atom. The quantitative estimate of drug-likeness (QED) is 0.714. The van der Waals surface area contributed by atoms with Crippen LogP contribution in [0.4, 0.5) is 0 Å². The lowest BCUT2D eigenvalue weighted by Gasteiger charge is -2.35. The van der Waals surface area contributed by atoms with Crippen LogP contribution in [0.1, 0.15) is 32.1 Å². The fourth-order valence-corrected chi connectivity index (χ4v) is 4.94. The number of sulfonamides is 1. The molecule has 1 aromatic rings. The van der Waals surface area contributed by atoms with E-state index < -0.39 is 10.0 Å². The van der Waals surface area contributed by atoms with Crippen LogP contribution in [0.15, 0.2) is 23.1 Å². The van der Waals surface area contributed by atoms with E-state index in [0.717, 1.165) is 31.0 Å². The third-order valence-electron chi connectivity index (χ3n) is 4.04. The Kier molecular flexibility index (Phi) is 5.99. The summed E-state index contributed by atoms with van der Waals surface area (Å²) in [6.45, 7) is 0.445. The normalized spacial score (nSPS) is 18.6. The van der Waals surface area contributed by atoms with Crippen molar-refractivity contribution in [2.24, 2.45) is 5.41 Å². The summed E-state index contributed by atoms with van der Waals surface area (Å²) >= 11 is 15.3. The fraction of sp³-hybridized carbons (Fsp3) is 0.571. The van der Waals surface area contributed by atoms with Crippen LogP contribution < -0.4 is 4.72 Å². The zero-order valence-corrected chi connectivity index (χ0v) is 15.5. The van der Waals surface area contributed by atoms with Gasteiger partial charge in [0.1, 0.15) is 0 Å². The number of halogens is 3. The number of nitrogens with one attached hydrogen (secondary N) is 1. The predicted octanol–water partition coefficient (Wildman–Crippen LogP) is 4.62. The van der Waals surface area contributed by atoms with E-state index in [1.54, 1.807) is 0 Å². The van der Waals surface area contributed by atoms with Crippen molar-refractivity contribution >= 4 is 49.2 Å². The Balaban J connectivity index is 2.11. The molecule has 7 heteroatoms. The van der Waals surface area contributed by atoms with E-state index in [2.05, 4.69) is 20.7 Å². The van der Waals surface area contributed by atoms with Crippen LogP contribution in [0, 0.1) is 5.41 Å². The number of alkyl halides is 1. The summed E-state index contributed by atoms with van der Waals surface area (Å²) in [6, 6.07) is 4.35. The Morgan fingerprint density at radius 2 is 1.81 bits per heavy atom. The van der Waals surface area contributed by atoms with E-state index in [9.17, 15) is 8.42 Å². The average molecular weight is 415 g/mol. The zero-order chi connectivity index (χ0) is 15.5. The maximum atomic E-state index is 12.4. The molecule has 1 N–H and O–H groups in total. The van der Waals surface area contributed by atoms with Crippen LogP contribution in [0.2, 0.25) is 10.0 Å². The van der Waals surface area contributed by atoms with Gasteiger partial charge in [0.05, 0.1) is 14.9 Å². The van der Waals surface area contributed by atoms with Crippen LogP contribution in [0.5, 0.6) is 0 Å². The minimum absolute atomic E-state index is 0.0154. The van der Waals surface area contributed by atoms with E-state index in [1.807, 2.05) is 0 Å². The Bertz CT molecular complexity index is 601. The number of hydrogen-bond acceptors (Lipinski definition) is 2. The summed E-state index contributed by atoms with van der Waals surface area (Å²) in [5.74, 6) is 0. The van der Waals surface area contributed by atoms with E-state index in [-0.39, 0.29) is 15.3 Å². The third kappa shape index (κ3) is 4.35. The molecule has 0 aromatic heterocycles. The van der Waals surface area contributed by atoms with E-state index in [1.165, 1.54) is 24.6 Å². The van der Waals surface area contributed by atoms with Gasteiger partial charge >= 0.3 is 0 Å². The number of rotatable bonds is 5. The standard InChI is InChI=1S/C14H18BrCl2NO2S/c15-9-14(6-2-1-3-7-14)10-18-21(19,20)11-4-5-12(16)13(17)8-11/h4-5,8,18H,1-3,6-7,9-10H2. The predicted molar refractivity (Wildman–Crippen MR) is 91.0 cm³/mol. The summed E-state index contributed by atoms with van der Waals surface area (Å²) < 4.78 is 27.5. The highest BCUT2D eigenvalue weighted by Gasteiger charge is 2.32. The van der Waals surface area contributed by atoms with Crippen LogP contribution in [-0.2, 0) is 10.0 Å². The van der Waals surface area contributed by atoms with Gasteiger partial charge in [-0.05, 0) is 36.5 Å². The van der Waals surface area contributed by atoms with Gasteiger partial charge in [0.25, 0.3) is 0 Å². The molecular formula is C14H18BrCl2NO2S. The smallest absolute Gasteiger partial charge is 0.211 e. The summed E-state index contributed by atoms with van der Waals surface area (Å²) in [6.07, 6.45) is 5.62. The van der Waals surface area contributed by atoms with Gasteiger partial charge in [0, 0.05) is 11.9 Å². The molecule has 0 amide bonds. The topological polar surface area (TPSA) is 46.2 Å². The molecule has 0 atom stereocenters. The first-order chi connectivity index (χ1) is 9.88. The number of benzene rings is 1. The molecule has 1 fully saturated rings. The van der Waals surface area contributed by atoms with Crippen LogP contribution in [-0.4, -0.2) is 20.3 Å². The largest absolute Gasteiger partial charge is 0.240 e. The molecule has 1 aromatic carbocycles. The van der Waals surface area contributed by atoms with Crippen molar-refractivity contribution in [3.63, 3.8) is 0 Å². The summed E-state index contributed by atoms with van der Waals surface area (Å²) in [5.41, 5.74) is 0.0154. The lowest BCUT2D eigenvalue weighted by molar-refractivity contribution is 0.227. The monoisotopic (exact) mass is 413 g/mol. The van der Waals surface area contributed by atoms with Crippen molar-refractivity contribution in [3.05, 3.63) is 28.2 Å². The highest BCUT2D eigenvalue weighted by molar-refractivity contribution is 9.09. The first-order valence-electron chi connectivity index (χ1n) is 6.89. The lowest BCUT2D eigenvalue weighted by Crippen LogP contribution is -2.40. The molecule has 0 spiro atoms. The third-order valence-corrected chi connectivity index (χ3v) is 7.36. The molecule has 3 nitrogen and oxygen atoms in total. The minimum Gasteiger partial charge on any atom is -0.211 e. The molecule has 21 heavy (non-hydrogen) atoms. The van der Waals surface area contributed by atoms with Crippen molar-refractivity contribution < 1.29 is 8.42 Å². The molecule has 1 aliphatic carbocycles. The second-order valence-corrected chi connectivity index (χ2v) is 8.74. The van der Waals surface area contributed by atoms with E-state index in [0.29, 0.717) is 11.6 Å². The van der Waals surface area contributed by atoms with Crippen LogP contribution in [0.25, 0.3) is 0 Å². The second kappa shape index (κ2) is 7.18. The lowest BCUT2D eigenvalue weighted by atomic mass is 9.76. The van der Waals surface area contributed by atoms with Gasteiger partial charge in [-0.3, -0.25) is 0 Å². The molecule has 0 heterocycles. The number of hydrogen-bond donors (Lipinski definition) is 1.